The Morgan fingerprint density at radius 3 is 2.67 bits per heavy atom. The number of hydrogen-bond donors (Lipinski definition) is 2. The van der Waals surface area contributed by atoms with Crippen LogP contribution in [0.3, 0.4) is 0 Å². The van der Waals surface area contributed by atoms with Crippen molar-refractivity contribution in [3.05, 3.63) is 62.8 Å². The average molecular weight is 470 g/mol. The fraction of sp³-hybridized carbons (Fsp3) is 0.316. The number of ether oxygens (including phenoxy) is 1. The number of aromatic nitrogens is 5. The van der Waals surface area contributed by atoms with E-state index < -0.39 is 54.0 Å². The van der Waals surface area contributed by atoms with Crippen LogP contribution in [-0.2, 0) is 6.18 Å². The third-order valence-electron chi connectivity index (χ3n) is 4.83. The Morgan fingerprint density at radius 1 is 1.21 bits per heavy atom. The van der Waals surface area contributed by atoms with Gasteiger partial charge >= 0.3 is 17.8 Å². The van der Waals surface area contributed by atoms with Gasteiger partial charge in [-0.1, -0.05) is 0 Å². The van der Waals surface area contributed by atoms with Crippen molar-refractivity contribution in [2.45, 2.75) is 25.1 Å². The van der Waals surface area contributed by atoms with Gasteiger partial charge in [-0.25, -0.2) is 28.5 Å². The van der Waals surface area contributed by atoms with Gasteiger partial charge in [0.25, 0.3) is 5.56 Å². The van der Waals surface area contributed by atoms with Crippen molar-refractivity contribution >= 4 is 5.82 Å². The zero-order valence-corrected chi connectivity index (χ0v) is 16.8. The molecule has 174 valence electrons. The lowest BCUT2D eigenvalue weighted by Gasteiger charge is -2.19. The van der Waals surface area contributed by atoms with Crippen LogP contribution in [-0.4, -0.2) is 50.0 Å². The molecule has 9 nitrogen and oxygen atoms in total. The number of rotatable bonds is 4. The van der Waals surface area contributed by atoms with E-state index in [2.05, 4.69) is 19.9 Å². The Morgan fingerprint density at radius 2 is 1.97 bits per heavy atom. The number of nitrogens with one attached hydrogen (secondary N) is 2. The number of anilines is 1. The largest absolute Gasteiger partial charge is 0.466 e. The third kappa shape index (κ3) is 4.68. The molecule has 1 aliphatic rings. The summed E-state index contributed by atoms with van der Waals surface area (Å²) >= 11 is 0. The monoisotopic (exact) mass is 470 g/mol. The smallest absolute Gasteiger partial charge is 0.416 e. The summed E-state index contributed by atoms with van der Waals surface area (Å²) in [7, 11) is 0. The van der Waals surface area contributed by atoms with Crippen molar-refractivity contribution in [3.63, 3.8) is 0 Å². The van der Waals surface area contributed by atoms with Gasteiger partial charge in [0, 0.05) is 24.5 Å². The van der Waals surface area contributed by atoms with Crippen molar-refractivity contribution in [2.24, 2.45) is 0 Å². The van der Waals surface area contributed by atoms with E-state index in [9.17, 15) is 31.5 Å². The quantitative estimate of drug-likeness (QED) is 0.562. The fourth-order valence-electron chi connectivity index (χ4n) is 3.30. The van der Waals surface area contributed by atoms with Crippen LogP contribution in [0.1, 0.15) is 11.4 Å². The van der Waals surface area contributed by atoms with Gasteiger partial charge in [-0.3, -0.25) is 9.78 Å². The van der Waals surface area contributed by atoms with E-state index in [1.807, 2.05) is 4.98 Å². The molecule has 1 unspecified atom stereocenters. The highest BCUT2D eigenvalue weighted by Crippen LogP contribution is 2.35. The molecule has 4 heterocycles. The number of alkyl halides is 5. The standard InChI is InChI=1S/C19H15F5N6O3/c1-9-27-12(11-6-26-17(32)29-16(11)31)5-14(28-9)30-7-13(18(20,21)8-30)33-15-4-10(2-3-25-15)19(22,23)24/h2-6,13H,7-8H2,1H3,(H2,26,29,31,32). The zero-order chi connectivity index (χ0) is 24.0. The topological polar surface area (TPSA) is 117 Å². The van der Waals surface area contributed by atoms with Gasteiger partial charge in [0.05, 0.1) is 29.9 Å². The van der Waals surface area contributed by atoms with Crippen LogP contribution in [0.15, 0.2) is 40.2 Å². The van der Waals surface area contributed by atoms with Gasteiger partial charge in [-0.15, -0.1) is 0 Å². The molecule has 0 saturated carbocycles. The summed E-state index contributed by atoms with van der Waals surface area (Å²) in [5, 5.41) is 0. The van der Waals surface area contributed by atoms with Gasteiger partial charge in [-0.05, 0) is 13.0 Å². The Kier molecular flexibility index (Phi) is 5.38. The first-order chi connectivity index (χ1) is 15.4. The Bertz CT molecular complexity index is 1310. The lowest BCUT2D eigenvalue weighted by Crippen LogP contribution is -2.36. The summed E-state index contributed by atoms with van der Waals surface area (Å²) in [4.78, 5) is 40.6. The maximum atomic E-state index is 14.6. The molecular formula is C19H15F5N6O3. The van der Waals surface area contributed by atoms with E-state index in [0.717, 1.165) is 17.3 Å². The van der Waals surface area contributed by atoms with E-state index in [0.29, 0.717) is 12.1 Å². The summed E-state index contributed by atoms with van der Waals surface area (Å²) in [5.41, 5.74) is -2.45. The van der Waals surface area contributed by atoms with Crippen molar-refractivity contribution in [2.75, 3.05) is 18.0 Å². The van der Waals surface area contributed by atoms with E-state index in [4.69, 9.17) is 4.74 Å². The van der Waals surface area contributed by atoms with Gasteiger partial charge in [0.2, 0.25) is 5.88 Å². The summed E-state index contributed by atoms with van der Waals surface area (Å²) in [6.45, 7) is 0.235. The molecule has 14 heteroatoms. The minimum Gasteiger partial charge on any atom is -0.466 e. The molecule has 3 aromatic rings. The highest BCUT2D eigenvalue weighted by atomic mass is 19.4. The first-order valence-electron chi connectivity index (χ1n) is 9.43. The van der Waals surface area contributed by atoms with Crippen LogP contribution in [0.4, 0.5) is 27.8 Å². The lowest BCUT2D eigenvalue weighted by atomic mass is 10.2. The first kappa shape index (κ1) is 22.4. The predicted molar refractivity (Wildman–Crippen MR) is 104 cm³/mol. The van der Waals surface area contributed by atoms with Crippen molar-refractivity contribution in [3.8, 4) is 17.1 Å². The first-order valence-corrected chi connectivity index (χ1v) is 9.43. The lowest BCUT2D eigenvalue weighted by molar-refractivity contribution is -0.137. The Balaban J connectivity index is 1.61. The number of H-pyrrole nitrogens is 2. The molecule has 4 rings (SSSR count). The highest BCUT2D eigenvalue weighted by molar-refractivity contribution is 5.61. The molecular weight excluding hydrogens is 455 g/mol. The SMILES string of the molecule is Cc1nc(-c2c[nH]c(=O)[nH]c2=O)cc(N2CC(Oc3cc(C(F)(F)F)ccn3)C(F)(F)C2)n1. The molecule has 0 bridgehead atoms. The number of nitrogens with zero attached hydrogens (tertiary/aromatic N) is 4. The van der Waals surface area contributed by atoms with Gasteiger partial charge in [0.1, 0.15) is 11.6 Å². The molecule has 0 radical (unpaired) electrons. The zero-order valence-electron chi connectivity index (χ0n) is 16.8. The predicted octanol–water partition coefficient (Wildman–Crippen LogP) is 2.15. The molecule has 0 spiro atoms. The molecule has 1 fully saturated rings. The Hall–Kier alpha value is -3.84. The minimum atomic E-state index is -4.68. The Labute approximate surface area is 181 Å². The highest BCUT2D eigenvalue weighted by Gasteiger charge is 2.51. The average Bonchev–Trinajstić information content (AvgIpc) is 3.01. The second kappa shape index (κ2) is 7.94. The van der Waals surface area contributed by atoms with Crippen LogP contribution in [0.5, 0.6) is 5.88 Å². The molecule has 1 aliphatic heterocycles. The summed E-state index contributed by atoms with van der Waals surface area (Å²) in [6.07, 6.45) is -4.52. The number of hydrogen-bond acceptors (Lipinski definition) is 7. The normalized spacial score (nSPS) is 17.9. The van der Waals surface area contributed by atoms with Crippen LogP contribution in [0.25, 0.3) is 11.3 Å². The number of aryl methyl sites for hydroxylation is 1. The summed E-state index contributed by atoms with van der Waals surface area (Å²) < 4.78 is 73.1. The van der Waals surface area contributed by atoms with Gasteiger partial charge in [0.15, 0.2) is 6.10 Å². The molecule has 1 atom stereocenters. The van der Waals surface area contributed by atoms with E-state index in [1.165, 1.54) is 13.0 Å². The third-order valence-corrected chi connectivity index (χ3v) is 4.83. The van der Waals surface area contributed by atoms with Crippen LogP contribution in [0.2, 0.25) is 0 Å². The maximum absolute atomic E-state index is 14.6. The number of pyridine rings is 1. The van der Waals surface area contributed by atoms with Crippen LogP contribution < -0.4 is 20.9 Å². The van der Waals surface area contributed by atoms with E-state index in [-0.39, 0.29) is 22.9 Å². The van der Waals surface area contributed by atoms with Crippen molar-refractivity contribution in [1.82, 2.24) is 24.9 Å². The molecule has 33 heavy (non-hydrogen) atoms. The molecule has 1 saturated heterocycles. The maximum Gasteiger partial charge on any atom is 0.416 e. The van der Waals surface area contributed by atoms with E-state index >= 15 is 0 Å². The summed E-state index contributed by atoms with van der Waals surface area (Å²) in [5.74, 6) is -3.81. The van der Waals surface area contributed by atoms with Gasteiger partial charge < -0.3 is 14.6 Å². The second-order valence-electron chi connectivity index (χ2n) is 7.27. The molecule has 0 amide bonds. The summed E-state index contributed by atoms with van der Waals surface area (Å²) in [6, 6.07) is 2.54. The second-order valence-corrected chi connectivity index (χ2v) is 7.27. The molecule has 3 aromatic heterocycles. The van der Waals surface area contributed by atoms with Crippen LogP contribution >= 0.6 is 0 Å². The van der Waals surface area contributed by atoms with Crippen molar-refractivity contribution < 1.29 is 26.7 Å². The number of halogens is 5. The van der Waals surface area contributed by atoms with Crippen LogP contribution in [0, 0.1) is 6.92 Å². The minimum absolute atomic E-state index is 0.00623. The van der Waals surface area contributed by atoms with Gasteiger partial charge in [-0.2, -0.15) is 13.2 Å². The van der Waals surface area contributed by atoms with E-state index in [1.54, 1.807) is 0 Å². The van der Waals surface area contributed by atoms with Crippen molar-refractivity contribution in [1.29, 1.82) is 0 Å². The fourth-order valence-corrected chi connectivity index (χ4v) is 3.30. The molecule has 0 aromatic carbocycles. The molecule has 0 aliphatic carbocycles. The number of aromatic amines is 2. The molecule has 2 N–H and O–H groups in total.